The summed E-state index contributed by atoms with van der Waals surface area (Å²) in [4.78, 5) is 0. The number of benzene rings is 1. The van der Waals surface area contributed by atoms with Crippen LogP contribution in [0.4, 0.5) is 0 Å². The minimum atomic E-state index is -1.14. The van der Waals surface area contributed by atoms with E-state index in [-0.39, 0.29) is 0 Å². The lowest BCUT2D eigenvalue weighted by atomic mass is 10.2. The van der Waals surface area contributed by atoms with E-state index in [9.17, 15) is 0 Å². The van der Waals surface area contributed by atoms with Crippen LogP contribution >= 0.6 is 11.8 Å². The van der Waals surface area contributed by atoms with Gasteiger partial charge in [0.05, 0.1) is 22.3 Å². The van der Waals surface area contributed by atoms with Crippen molar-refractivity contribution in [2.45, 2.75) is 24.9 Å². The molecular formula is C14H20N2O3SSi. The highest BCUT2D eigenvalue weighted by Gasteiger charge is 2.17. The Morgan fingerprint density at radius 2 is 1.67 bits per heavy atom. The smallest absolute Gasteiger partial charge is 0.276 e. The number of thioether (sulfide) groups is 1. The van der Waals surface area contributed by atoms with E-state index in [0.717, 1.165) is 10.9 Å². The maximum atomic E-state index is 5.72. The van der Waals surface area contributed by atoms with Gasteiger partial charge in [-0.3, -0.25) is 0 Å². The van der Waals surface area contributed by atoms with Gasteiger partial charge in [0, 0.05) is 11.6 Å². The van der Waals surface area contributed by atoms with Gasteiger partial charge in [0.2, 0.25) is 5.89 Å². The highest BCUT2D eigenvalue weighted by atomic mass is 32.2. The molecule has 21 heavy (non-hydrogen) atoms. The van der Waals surface area contributed by atoms with Crippen LogP contribution in [0.1, 0.15) is 0 Å². The maximum Gasteiger partial charge on any atom is 0.276 e. The van der Waals surface area contributed by atoms with Crippen LogP contribution in [-0.4, -0.2) is 37.9 Å². The van der Waals surface area contributed by atoms with Gasteiger partial charge in [0.15, 0.2) is 0 Å². The molecule has 0 radical (unpaired) electrons. The Labute approximate surface area is 130 Å². The minimum absolute atomic E-state index is 0.477. The van der Waals surface area contributed by atoms with E-state index in [4.69, 9.17) is 13.9 Å². The average Bonchev–Trinajstić information content (AvgIpc) is 2.92. The number of ether oxygens (including phenoxy) is 2. The van der Waals surface area contributed by atoms with E-state index in [1.165, 1.54) is 0 Å². The van der Waals surface area contributed by atoms with E-state index in [1.54, 1.807) is 32.0 Å². The predicted octanol–water partition coefficient (Wildman–Crippen LogP) is 3.72. The van der Waals surface area contributed by atoms with Crippen LogP contribution in [0, 0.1) is 0 Å². The molecule has 0 atom stereocenters. The lowest BCUT2D eigenvalue weighted by molar-refractivity contribution is 0.394. The Morgan fingerprint density at radius 3 is 2.19 bits per heavy atom. The lowest BCUT2D eigenvalue weighted by Gasteiger charge is -2.12. The number of methoxy groups -OCH3 is 2. The molecule has 0 saturated carbocycles. The second kappa shape index (κ2) is 6.53. The minimum Gasteiger partial charge on any atom is -0.497 e. The van der Waals surface area contributed by atoms with Crippen LogP contribution in [0.5, 0.6) is 11.5 Å². The molecule has 5 nitrogen and oxygen atoms in total. The Bertz CT molecular complexity index is 588. The maximum absolute atomic E-state index is 5.72. The Balaban J connectivity index is 2.21. The fourth-order valence-electron chi connectivity index (χ4n) is 1.59. The van der Waals surface area contributed by atoms with Crippen molar-refractivity contribution < 1.29 is 13.9 Å². The predicted molar refractivity (Wildman–Crippen MR) is 86.9 cm³/mol. The molecule has 0 unspecified atom stereocenters. The molecule has 1 heterocycles. The summed E-state index contributed by atoms with van der Waals surface area (Å²) in [7, 11) is 2.08. The summed E-state index contributed by atoms with van der Waals surface area (Å²) >= 11 is 1.62. The van der Waals surface area contributed by atoms with Gasteiger partial charge < -0.3 is 13.9 Å². The first-order chi connectivity index (χ1) is 9.91. The fourth-order valence-corrected chi connectivity index (χ4v) is 4.06. The van der Waals surface area contributed by atoms with Crippen molar-refractivity contribution in [2.75, 3.05) is 19.6 Å². The number of rotatable bonds is 6. The molecule has 7 heteroatoms. The van der Waals surface area contributed by atoms with Gasteiger partial charge in [-0.25, -0.2) is 0 Å². The lowest BCUT2D eigenvalue weighted by Crippen LogP contribution is -2.23. The quantitative estimate of drug-likeness (QED) is 0.596. The molecule has 1 aromatic heterocycles. The SMILES string of the molecule is COc1cc(OC)cc(-c2nnc(SC[Si](C)(C)C)o2)c1. The first-order valence-electron chi connectivity index (χ1n) is 6.61. The second-order valence-electron chi connectivity index (χ2n) is 5.82. The van der Waals surface area contributed by atoms with Crippen molar-refractivity contribution in [3.05, 3.63) is 18.2 Å². The molecular weight excluding hydrogens is 304 g/mol. The van der Waals surface area contributed by atoms with E-state index >= 15 is 0 Å². The van der Waals surface area contributed by atoms with Crippen molar-refractivity contribution in [3.63, 3.8) is 0 Å². The molecule has 114 valence electrons. The first kappa shape index (κ1) is 15.9. The van der Waals surface area contributed by atoms with Crippen LogP contribution < -0.4 is 9.47 Å². The Morgan fingerprint density at radius 1 is 1.05 bits per heavy atom. The Hall–Kier alpha value is -1.47. The molecule has 0 aliphatic heterocycles. The largest absolute Gasteiger partial charge is 0.497 e. The summed E-state index contributed by atoms with van der Waals surface area (Å²) in [5.41, 5.74) is 0.790. The van der Waals surface area contributed by atoms with Crippen molar-refractivity contribution in [1.29, 1.82) is 0 Å². The number of nitrogens with zero attached hydrogens (tertiary/aromatic N) is 2. The van der Waals surface area contributed by atoms with E-state index in [1.807, 2.05) is 12.1 Å². The van der Waals surface area contributed by atoms with Gasteiger partial charge in [-0.15, -0.1) is 10.2 Å². The summed E-state index contributed by atoms with van der Waals surface area (Å²) in [6.07, 6.45) is 0. The molecule has 0 N–H and O–H groups in total. The van der Waals surface area contributed by atoms with E-state index in [2.05, 4.69) is 29.8 Å². The number of hydrogen-bond donors (Lipinski definition) is 0. The number of aromatic nitrogens is 2. The van der Waals surface area contributed by atoms with Crippen LogP contribution in [0.15, 0.2) is 27.8 Å². The molecule has 0 fully saturated rings. The highest BCUT2D eigenvalue weighted by Crippen LogP contribution is 2.30. The van der Waals surface area contributed by atoms with E-state index in [0.29, 0.717) is 22.6 Å². The van der Waals surface area contributed by atoms with Crippen LogP contribution in [0.25, 0.3) is 11.5 Å². The van der Waals surface area contributed by atoms with E-state index < -0.39 is 8.07 Å². The van der Waals surface area contributed by atoms with Crippen LogP contribution in [-0.2, 0) is 0 Å². The summed E-state index contributed by atoms with van der Waals surface area (Å²) in [6.45, 7) is 6.93. The molecule has 0 amide bonds. The fraction of sp³-hybridized carbons (Fsp3) is 0.429. The van der Waals surface area contributed by atoms with Gasteiger partial charge in [0.1, 0.15) is 11.5 Å². The third kappa shape index (κ3) is 4.50. The van der Waals surface area contributed by atoms with Gasteiger partial charge in [0.25, 0.3) is 5.22 Å². The summed E-state index contributed by atoms with van der Waals surface area (Å²) in [6, 6.07) is 5.51. The topological polar surface area (TPSA) is 57.4 Å². The molecule has 2 rings (SSSR count). The van der Waals surface area contributed by atoms with Crippen LogP contribution in [0.3, 0.4) is 0 Å². The van der Waals surface area contributed by atoms with Gasteiger partial charge >= 0.3 is 0 Å². The first-order valence-corrected chi connectivity index (χ1v) is 11.3. The third-order valence-corrected chi connectivity index (χ3v) is 7.09. The zero-order valence-electron chi connectivity index (χ0n) is 13.0. The number of hydrogen-bond acceptors (Lipinski definition) is 6. The van der Waals surface area contributed by atoms with Crippen molar-refractivity contribution in [2.24, 2.45) is 0 Å². The van der Waals surface area contributed by atoms with Crippen LogP contribution in [0.2, 0.25) is 19.6 Å². The van der Waals surface area contributed by atoms with Crippen molar-refractivity contribution >= 4 is 19.8 Å². The molecule has 0 aliphatic carbocycles. The monoisotopic (exact) mass is 324 g/mol. The standard InChI is InChI=1S/C14H20N2O3SSi/c1-17-11-6-10(7-12(8-11)18-2)13-15-16-14(19-13)20-9-21(3,4)5/h6-8H,9H2,1-5H3. The molecule has 2 aromatic rings. The van der Waals surface area contributed by atoms with Crippen molar-refractivity contribution in [1.82, 2.24) is 10.2 Å². The van der Waals surface area contributed by atoms with Gasteiger partial charge in [-0.2, -0.15) is 0 Å². The molecule has 0 spiro atoms. The zero-order valence-corrected chi connectivity index (χ0v) is 14.8. The molecule has 1 aromatic carbocycles. The van der Waals surface area contributed by atoms with Gasteiger partial charge in [-0.1, -0.05) is 31.4 Å². The highest BCUT2D eigenvalue weighted by molar-refractivity contribution is 8.00. The normalized spacial score (nSPS) is 11.5. The summed E-state index contributed by atoms with van der Waals surface area (Å²) in [5, 5.41) is 9.86. The zero-order chi connectivity index (χ0) is 15.5. The summed E-state index contributed by atoms with van der Waals surface area (Å²) < 4.78 is 16.2. The second-order valence-corrected chi connectivity index (χ2v) is 12.7. The Kier molecular flexibility index (Phi) is 4.94. The van der Waals surface area contributed by atoms with Crippen molar-refractivity contribution in [3.8, 4) is 23.0 Å². The average molecular weight is 324 g/mol. The third-order valence-electron chi connectivity index (χ3n) is 2.63. The molecule has 0 aliphatic rings. The van der Waals surface area contributed by atoms with Gasteiger partial charge in [-0.05, 0) is 17.5 Å². The summed E-state index contributed by atoms with van der Waals surface area (Å²) in [5.74, 6) is 1.86. The molecule has 0 saturated heterocycles. The molecule has 0 bridgehead atoms.